The Morgan fingerprint density at radius 1 is 1.62 bits per heavy atom. The van der Waals surface area contributed by atoms with Gasteiger partial charge in [0.15, 0.2) is 0 Å². The Morgan fingerprint density at radius 2 is 2.25 bits per heavy atom. The van der Waals surface area contributed by atoms with Crippen molar-refractivity contribution in [3.05, 3.63) is 18.0 Å². The molecule has 0 unspecified atom stereocenters. The van der Waals surface area contributed by atoms with Crippen LogP contribution in [0.25, 0.3) is 0 Å². The highest BCUT2D eigenvalue weighted by atomic mass is 19.1. The van der Waals surface area contributed by atoms with Crippen molar-refractivity contribution in [1.82, 2.24) is 9.78 Å². The summed E-state index contributed by atoms with van der Waals surface area (Å²) in [6.07, 6.45) is 0. The quantitative estimate of drug-likeness (QED) is 0.490. The fraction of sp³-hybridized carbons (Fsp3) is 0.250. The summed E-state index contributed by atoms with van der Waals surface area (Å²) in [5, 5.41) is 3.09. The van der Waals surface area contributed by atoms with Gasteiger partial charge in [-0.25, -0.2) is 4.68 Å². The van der Waals surface area contributed by atoms with Gasteiger partial charge in [0, 0.05) is 13.1 Å². The van der Waals surface area contributed by atoms with Gasteiger partial charge in [0.05, 0.1) is 0 Å². The smallest absolute Gasteiger partial charge is 0.235 e. The average molecular weight is 118 g/mol. The fourth-order valence-electron chi connectivity index (χ4n) is 0.412. The van der Waals surface area contributed by atoms with E-state index < -0.39 is 11.9 Å². The first-order valence-electron chi connectivity index (χ1n) is 2.05. The van der Waals surface area contributed by atoms with Gasteiger partial charge < -0.3 is 0 Å². The molecular formula is C4H4F2N2. The van der Waals surface area contributed by atoms with E-state index in [1.54, 1.807) is 0 Å². The van der Waals surface area contributed by atoms with Gasteiger partial charge >= 0.3 is 0 Å². The van der Waals surface area contributed by atoms with Crippen molar-refractivity contribution in [2.45, 2.75) is 0 Å². The summed E-state index contributed by atoms with van der Waals surface area (Å²) in [7, 11) is 1.33. The molecule has 0 saturated carbocycles. The van der Waals surface area contributed by atoms with Gasteiger partial charge in [0.2, 0.25) is 11.9 Å². The Hall–Kier alpha value is -0.930. The number of aryl methyl sites for hydroxylation is 1. The first kappa shape index (κ1) is 5.21. The number of hydrogen-bond acceptors (Lipinski definition) is 1. The normalized spacial score (nSPS) is 9.88. The molecule has 1 aromatic rings. The van der Waals surface area contributed by atoms with E-state index in [-0.39, 0.29) is 0 Å². The SMILES string of the molecule is Cn1nc(F)cc1F. The summed E-state index contributed by atoms with van der Waals surface area (Å²) in [4.78, 5) is 0. The van der Waals surface area contributed by atoms with Crippen LogP contribution in [0, 0.1) is 11.9 Å². The summed E-state index contributed by atoms with van der Waals surface area (Å²) in [5.41, 5.74) is 0. The van der Waals surface area contributed by atoms with Gasteiger partial charge in [0.1, 0.15) is 0 Å². The molecule has 0 aromatic carbocycles. The van der Waals surface area contributed by atoms with Gasteiger partial charge in [-0.1, -0.05) is 0 Å². The molecule has 0 aliphatic heterocycles. The molecule has 2 nitrogen and oxygen atoms in total. The van der Waals surface area contributed by atoms with E-state index in [4.69, 9.17) is 0 Å². The Balaban J connectivity index is 3.14. The van der Waals surface area contributed by atoms with Crippen molar-refractivity contribution >= 4 is 0 Å². The van der Waals surface area contributed by atoms with Crippen LogP contribution in [0.4, 0.5) is 8.78 Å². The molecule has 4 heteroatoms. The van der Waals surface area contributed by atoms with Gasteiger partial charge in [-0.2, -0.15) is 8.78 Å². The molecule has 0 fully saturated rings. The topological polar surface area (TPSA) is 17.8 Å². The first-order chi connectivity index (χ1) is 3.70. The van der Waals surface area contributed by atoms with Crippen LogP contribution >= 0.6 is 0 Å². The Bertz CT molecular complexity index is 174. The molecule has 0 aliphatic rings. The summed E-state index contributed by atoms with van der Waals surface area (Å²) >= 11 is 0. The van der Waals surface area contributed by atoms with Crippen molar-refractivity contribution in [3.63, 3.8) is 0 Å². The molecule has 44 valence electrons. The lowest BCUT2D eigenvalue weighted by Crippen LogP contribution is -1.92. The molecule has 1 aromatic heterocycles. The van der Waals surface area contributed by atoms with E-state index in [1.165, 1.54) is 7.05 Å². The molecule has 0 aliphatic carbocycles. The number of nitrogens with zero attached hydrogens (tertiary/aromatic N) is 2. The predicted molar refractivity (Wildman–Crippen MR) is 23.1 cm³/mol. The van der Waals surface area contributed by atoms with Crippen LogP contribution in [0.1, 0.15) is 0 Å². The van der Waals surface area contributed by atoms with Crippen molar-refractivity contribution in [1.29, 1.82) is 0 Å². The van der Waals surface area contributed by atoms with E-state index in [9.17, 15) is 8.78 Å². The van der Waals surface area contributed by atoms with Gasteiger partial charge in [-0.3, -0.25) is 0 Å². The van der Waals surface area contributed by atoms with Crippen molar-refractivity contribution < 1.29 is 8.78 Å². The Kier molecular flexibility index (Phi) is 1.00. The van der Waals surface area contributed by atoms with E-state index in [0.717, 1.165) is 10.7 Å². The van der Waals surface area contributed by atoms with E-state index in [2.05, 4.69) is 5.10 Å². The van der Waals surface area contributed by atoms with E-state index in [1.807, 2.05) is 0 Å². The second-order valence-corrected chi connectivity index (χ2v) is 1.41. The number of aromatic nitrogens is 2. The lowest BCUT2D eigenvalue weighted by molar-refractivity contribution is 0.491. The molecule has 0 spiro atoms. The standard InChI is InChI=1S/C4H4F2N2/c1-8-4(6)2-3(5)7-8/h2H,1H3. The molecule has 0 radical (unpaired) electrons. The van der Waals surface area contributed by atoms with Gasteiger partial charge in [-0.15, -0.1) is 5.10 Å². The summed E-state index contributed by atoms with van der Waals surface area (Å²) < 4.78 is 24.6. The minimum atomic E-state index is -0.787. The lowest BCUT2D eigenvalue weighted by Gasteiger charge is -1.82. The van der Waals surface area contributed by atoms with Crippen LogP contribution in [-0.2, 0) is 7.05 Å². The minimum absolute atomic E-state index is 0.664. The predicted octanol–water partition coefficient (Wildman–Crippen LogP) is 0.698. The van der Waals surface area contributed by atoms with Crippen molar-refractivity contribution in [2.75, 3.05) is 0 Å². The number of hydrogen-bond donors (Lipinski definition) is 0. The van der Waals surface area contributed by atoms with Crippen LogP contribution in [0.15, 0.2) is 6.07 Å². The maximum atomic E-state index is 12.0. The third-order valence-corrected chi connectivity index (χ3v) is 0.793. The van der Waals surface area contributed by atoms with Crippen LogP contribution in [-0.4, -0.2) is 9.78 Å². The zero-order valence-corrected chi connectivity index (χ0v) is 4.23. The second-order valence-electron chi connectivity index (χ2n) is 1.41. The highest BCUT2D eigenvalue weighted by molar-refractivity contribution is 4.84. The molecule has 1 heterocycles. The summed E-state index contributed by atoms with van der Waals surface area (Å²) in [5.74, 6) is -1.45. The Morgan fingerprint density at radius 3 is 2.38 bits per heavy atom. The average Bonchev–Trinajstić information content (AvgIpc) is 1.85. The van der Waals surface area contributed by atoms with E-state index in [0.29, 0.717) is 0 Å². The molecule has 0 bridgehead atoms. The number of halogens is 2. The van der Waals surface area contributed by atoms with Crippen molar-refractivity contribution in [2.24, 2.45) is 7.05 Å². The molecule has 0 atom stereocenters. The third kappa shape index (κ3) is 0.685. The molecule has 0 N–H and O–H groups in total. The molecule has 0 saturated heterocycles. The largest absolute Gasteiger partial charge is 0.240 e. The lowest BCUT2D eigenvalue weighted by atomic mass is 10.7. The third-order valence-electron chi connectivity index (χ3n) is 0.793. The Labute approximate surface area is 44.7 Å². The molecule has 1 rings (SSSR count). The van der Waals surface area contributed by atoms with Crippen molar-refractivity contribution in [3.8, 4) is 0 Å². The monoisotopic (exact) mass is 118 g/mol. The summed E-state index contributed by atoms with van der Waals surface area (Å²) in [6.45, 7) is 0. The van der Waals surface area contributed by atoms with Crippen LogP contribution in [0.3, 0.4) is 0 Å². The highest BCUT2D eigenvalue weighted by Gasteiger charge is 1.99. The zero-order chi connectivity index (χ0) is 6.15. The van der Waals surface area contributed by atoms with Crippen LogP contribution in [0.5, 0.6) is 0 Å². The van der Waals surface area contributed by atoms with Gasteiger partial charge in [0.25, 0.3) is 0 Å². The minimum Gasteiger partial charge on any atom is -0.240 e. The second kappa shape index (κ2) is 1.54. The number of rotatable bonds is 0. The summed E-state index contributed by atoms with van der Waals surface area (Å²) in [6, 6.07) is 0.722. The molecular weight excluding hydrogens is 114 g/mol. The zero-order valence-electron chi connectivity index (χ0n) is 4.23. The fourth-order valence-corrected chi connectivity index (χ4v) is 0.412. The van der Waals surface area contributed by atoms with Gasteiger partial charge in [-0.05, 0) is 0 Å². The molecule has 8 heavy (non-hydrogen) atoms. The highest BCUT2D eigenvalue weighted by Crippen LogP contribution is 1.96. The molecule has 0 amide bonds. The van der Waals surface area contributed by atoms with Crippen LogP contribution < -0.4 is 0 Å². The maximum absolute atomic E-state index is 12.0. The van der Waals surface area contributed by atoms with E-state index >= 15 is 0 Å². The first-order valence-corrected chi connectivity index (χ1v) is 2.05. The maximum Gasteiger partial charge on any atom is 0.235 e. The van der Waals surface area contributed by atoms with Crippen LogP contribution in [0.2, 0.25) is 0 Å².